The zero-order chi connectivity index (χ0) is 7.56. The number of nitrogens with zero attached hydrogens (tertiary/aromatic N) is 1. The summed E-state index contributed by atoms with van der Waals surface area (Å²) >= 11 is 0. The zero-order valence-electron chi connectivity index (χ0n) is 5.58. The van der Waals surface area contributed by atoms with Gasteiger partial charge in [0.2, 0.25) is 5.78 Å². The largest absolute Gasteiger partial charge is 0.292 e. The monoisotopic (exact) mass is 143 g/mol. The van der Waals surface area contributed by atoms with Crippen LogP contribution in [-0.2, 0) is 4.79 Å². The van der Waals surface area contributed by atoms with E-state index < -0.39 is 11.0 Å². The minimum Gasteiger partial charge on any atom is -0.292 e. The average molecular weight is 143 g/mol. The van der Waals surface area contributed by atoms with Crippen LogP contribution in [0.3, 0.4) is 0 Å². The van der Waals surface area contributed by atoms with Gasteiger partial charge in [-0.25, -0.2) is 0 Å². The number of hydrogen-bond acceptors (Lipinski definition) is 3. The molecule has 0 aromatic carbocycles. The molecule has 0 radical (unpaired) electrons. The van der Waals surface area contributed by atoms with Gasteiger partial charge in [0.15, 0.2) is 0 Å². The molecule has 4 nitrogen and oxygen atoms in total. The SMILES string of the molecule is O=C1CCCC[C@H]1[N+](=O)[O-]. The molecule has 0 spiro atoms. The Kier molecular flexibility index (Phi) is 1.99. The molecule has 0 amide bonds. The fourth-order valence-electron chi connectivity index (χ4n) is 1.19. The summed E-state index contributed by atoms with van der Waals surface area (Å²) in [5.74, 6) is -0.198. The molecule has 0 saturated heterocycles. The third-order valence-electron chi connectivity index (χ3n) is 1.78. The fraction of sp³-hybridized carbons (Fsp3) is 0.833. The van der Waals surface area contributed by atoms with Gasteiger partial charge < -0.3 is 0 Å². The van der Waals surface area contributed by atoms with E-state index in [9.17, 15) is 14.9 Å². The van der Waals surface area contributed by atoms with Crippen LogP contribution in [-0.4, -0.2) is 16.7 Å². The Morgan fingerprint density at radius 2 is 2.20 bits per heavy atom. The first kappa shape index (κ1) is 7.18. The van der Waals surface area contributed by atoms with E-state index in [0.717, 1.165) is 12.8 Å². The summed E-state index contributed by atoms with van der Waals surface area (Å²) in [4.78, 5) is 20.5. The lowest BCUT2D eigenvalue weighted by molar-refractivity contribution is -0.509. The third-order valence-corrected chi connectivity index (χ3v) is 1.78. The van der Waals surface area contributed by atoms with Crippen LogP contribution in [0.15, 0.2) is 0 Å². The number of rotatable bonds is 1. The molecule has 4 heteroatoms. The molecule has 1 fully saturated rings. The molecule has 1 aliphatic rings. The summed E-state index contributed by atoms with van der Waals surface area (Å²) in [6.45, 7) is 0. The molecule has 0 aliphatic heterocycles. The standard InChI is InChI=1S/C6H9NO3/c8-6-4-2-1-3-5(6)7(9)10/h5H,1-4H2/t5-/m1/s1. The topological polar surface area (TPSA) is 60.2 Å². The minimum atomic E-state index is -0.895. The molecule has 0 aromatic rings. The molecule has 1 aliphatic carbocycles. The molecule has 0 heterocycles. The Morgan fingerprint density at radius 1 is 1.50 bits per heavy atom. The van der Waals surface area contributed by atoms with Gasteiger partial charge in [-0.15, -0.1) is 0 Å². The van der Waals surface area contributed by atoms with Gasteiger partial charge in [-0.05, 0) is 12.8 Å². The molecular formula is C6H9NO3. The number of carbonyl (C=O) groups excluding carboxylic acids is 1. The van der Waals surface area contributed by atoms with E-state index in [1.807, 2.05) is 0 Å². The summed E-state index contributed by atoms with van der Waals surface area (Å²) < 4.78 is 0. The minimum absolute atomic E-state index is 0.198. The lowest BCUT2D eigenvalue weighted by Gasteiger charge is -2.12. The molecule has 0 bridgehead atoms. The lowest BCUT2D eigenvalue weighted by Crippen LogP contribution is -2.32. The van der Waals surface area contributed by atoms with Crippen molar-refractivity contribution in [3.8, 4) is 0 Å². The number of ketones is 1. The second kappa shape index (κ2) is 2.77. The van der Waals surface area contributed by atoms with Crippen LogP contribution >= 0.6 is 0 Å². The number of Topliss-reactive ketones (excluding diaryl/α,β-unsaturated/α-hetero) is 1. The Labute approximate surface area is 58.4 Å². The van der Waals surface area contributed by atoms with E-state index in [4.69, 9.17) is 0 Å². The first-order valence-corrected chi connectivity index (χ1v) is 3.38. The number of nitro groups is 1. The molecule has 0 N–H and O–H groups in total. The van der Waals surface area contributed by atoms with Crippen molar-refractivity contribution >= 4 is 5.78 Å². The Morgan fingerprint density at radius 3 is 2.60 bits per heavy atom. The van der Waals surface area contributed by atoms with E-state index >= 15 is 0 Å². The second-order valence-corrected chi connectivity index (χ2v) is 2.51. The highest BCUT2D eigenvalue weighted by molar-refractivity contribution is 5.83. The van der Waals surface area contributed by atoms with Crippen molar-refractivity contribution < 1.29 is 9.72 Å². The maximum absolute atomic E-state index is 10.8. The lowest BCUT2D eigenvalue weighted by atomic mass is 9.95. The quantitative estimate of drug-likeness (QED) is 0.402. The highest BCUT2D eigenvalue weighted by Gasteiger charge is 2.31. The maximum atomic E-state index is 10.8. The van der Waals surface area contributed by atoms with Gasteiger partial charge in [-0.1, -0.05) is 0 Å². The van der Waals surface area contributed by atoms with Crippen molar-refractivity contribution in [1.82, 2.24) is 0 Å². The van der Waals surface area contributed by atoms with E-state index in [2.05, 4.69) is 0 Å². The fourth-order valence-corrected chi connectivity index (χ4v) is 1.19. The highest BCUT2D eigenvalue weighted by atomic mass is 16.6. The van der Waals surface area contributed by atoms with Crippen LogP contribution < -0.4 is 0 Å². The van der Waals surface area contributed by atoms with Crippen LogP contribution in [0.4, 0.5) is 0 Å². The molecule has 0 aromatic heterocycles. The molecule has 1 rings (SSSR count). The van der Waals surface area contributed by atoms with E-state index in [0.29, 0.717) is 12.8 Å². The average Bonchev–Trinajstić information content (AvgIpc) is 1.88. The van der Waals surface area contributed by atoms with E-state index in [1.54, 1.807) is 0 Å². The van der Waals surface area contributed by atoms with E-state index in [1.165, 1.54) is 0 Å². The predicted octanol–water partition coefficient (Wildman–Crippen LogP) is 0.775. The first-order chi connectivity index (χ1) is 4.72. The Bertz CT molecular complexity index is 166. The van der Waals surface area contributed by atoms with Gasteiger partial charge in [0.05, 0.1) is 0 Å². The van der Waals surface area contributed by atoms with Gasteiger partial charge in [0.1, 0.15) is 0 Å². The molecule has 10 heavy (non-hydrogen) atoms. The van der Waals surface area contributed by atoms with Crippen molar-refractivity contribution in [2.24, 2.45) is 0 Å². The van der Waals surface area contributed by atoms with Crippen molar-refractivity contribution in [3.63, 3.8) is 0 Å². The van der Waals surface area contributed by atoms with Gasteiger partial charge in [-0.3, -0.25) is 14.9 Å². The summed E-state index contributed by atoms with van der Waals surface area (Å²) in [7, 11) is 0. The smallest absolute Gasteiger partial charge is 0.270 e. The summed E-state index contributed by atoms with van der Waals surface area (Å²) in [5, 5.41) is 10.1. The van der Waals surface area contributed by atoms with Crippen LogP contribution in [0.5, 0.6) is 0 Å². The Hall–Kier alpha value is -0.930. The Balaban J connectivity index is 2.56. The molecule has 1 saturated carbocycles. The van der Waals surface area contributed by atoms with Crippen molar-refractivity contribution in [1.29, 1.82) is 0 Å². The van der Waals surface area contributed by atoms with Gasteiger partial charge in [0, 0.05) is 17.8 Å². The molecule has 0 unspecified atom stereocenters. The summed E-state index contributed by atoms with van der Waals surface area (Å²) in [6, 6.07) is -0.895. The molecule has 1 atom stereocenters. The summed E-state index contributed by atoms with van der Waals surface area (Å²) in [6.07, 6.45) is 2.47. The highest BCUT2D eigenvalue weighted by Crippen LogP contribution is 2.16. The van der Waals surface area contributed by atoms with Gasteiger partial charge in [-0.2, -0.15) is 0 Å². The summed E-state index contributed by atoms with van der Waals surface area (Å²) in [5.41, 5.74) is 0. The van der Waals surface area contributed by atoms with Crippen LogP contribution in [0.25, 0.3) is 0 Å². The maximum Gasteiger partial charge on any atom is 0.270 e. The zero-order valence-corrected chi connectivity index (χ0v) is 5.58. The van der Waals surface area contributed by atoms with Gasteiger partial charge in [0.25, 0.3) is 6.04 Å². The van der Waals surface area contributed by atoms with Crippen molar-refractivity contribution in [2.75, 3.05) is 0 Å². The van der Waals surface area contributed by atoms with Crippen molar-refractivity contribution in [3.05, 3.63) is 10.1 Å². The normalized spacial score (nSPS) is 26.4. The third kappa shape index (κ3) is 1.32. The van der Waals surface area contributed by atoms with Crippen LogP contribution in [0, 0.1) is 10.1 Å². The van der Waals surface area contributed by atoms with Gasteiger partial charge >= 0.3 is 0 Å². The molecule has 56 valence electrons. The number of hydrogen-bond donors (Lipinski definition) is 0. The predicted molar refractivity (Wildman–Crippen MR) is 34.3 cm³/mol. The van der Waals surface area contributed by atoms with Crippen molar-refractivity contribution in [2.45, 2.75) is 31.7 Å². The first-order valence-electron chi connectivity index (χ1n) is 3.38. The van der Waals surface area contributed by atoms with E-state index in [-0.39, 0.29) is 5.78 Å². The number of carbonyl (C=O) groups is 1. The van der Waals surface area contributed by atoms with Crippen LogP contribution in [0.1, 0.15) is 25.7 Å². The van der Waals surface area contributed by atoms with Crippen LogP contribution in [0.2, 0.25) is 0 Å². The second-order valence-electron chi connectivity index (χ2n) is 2.51. The molecular weight excluding hydrogens is 134 g/mol.